The van der Waals surface area contributed by atoms with E-state index >= 15 is 0 Å². The van der Waals surface area contributed by atoms with Crippen LogP contribution in [0.1, 0.15) is 22.0 Å². The van der Waals surface area contributed by atoms with Gasteiger partial charge in [-0.15, -0.1) is 0 Å². The maximum absolute atomic E-state index is 13.8. The van der Waals surface area contributed by atoms with Crippen molar-refractivity contribution >= 4 is 5.91 Å². The number of amides is 1. The van der Waals surface area contributed by atoms with Crippen LogP contribution >= 0.6 is 0 Å². The molecule has 1 aliphatic rings. The zero-order valence-corrected chi connectivity index (χ0v) is 18.4. The molecule has 6 heteroatoms. The summed E-state index contributed by atoms with van der Waals surface area (Å²) < 4.78 is 13.1. The van der Waals surface area contributed by atoms with Crippen molar-refractivity contribution in [2.24, 2.45) is 0 Å². The maximum atomic E-state index is 13.8. The highest BCUT2D eigenvalue weighted by Gasteiger charge is 2.29. The van der Waals surface area contributed by atoms with Crippen LogP contribution in [0.4, 0.5) is 0 Å². The molecule has 5 rings (SSSR count). The minimum atomic E-state index is -0.145. The van der Waals surface area contributed by atoms with Gasteiger partial charge in [-0.3, -0.25) is 4.79 Å². The van der Waals surface area contributed by atoms with Gasteiger partial charge in [0.05, 0.1) is 31.5 Å². The highest BCUT2D eigenvalue weighted by Crippen LogP contribution is 2.29. The van der Waals surface area contributed by atoms with Crippen molar-refractivity contribution in [2.45, 2.75) is 6.10 Å². The van der Waals surface area contributed by atoms with Gasteiger partial charge in [-0.25, -0.2) is 4.68 Å². The fourth-order valence-electron chi connectivity index (χ4n) is 4.10. The number of hydrogen-bond donors (Lipinski definition) is 0. The molecule has 1 amide bonds. The van der Waals surface area contributed by atoms with Crippen LogP contribution in [0, 0.1) is 0 Å². The van der Waals surface area contributed by atoms with E-state index in [0.717, 1.165) is 22.6 Å². The van der Waals surface area contributed by atoms with Crippen LogP contribution in [0.15, 0.2) is 91.1 Å². The summed E-state index contributed by atoms with van der Waals surface area (Å²) in [6.07, 6.45) is 1.67. The van der Waals surface area contributed by atoms with E-state index in [2.05, 4.69) is 0 Å². The highest BCUT2D eigenvalue weighted by atomic mass is 16.5. The van der Waals surface area contributed by atoms with Gasteiger partial charge in [-0.1, -0.05) is 60.7 Å². The van der Waals surface area contributed by atoms with Crippen LogP contribution in [0.2, 0.25) is 0 Å². The van der Waals surface area contributed by atoms with Gasteiger partial charge in [-0.2, -0.15) is 5.10 Å². The summed E-state index contributed by atoms with van der Waals surface area (Å²) in [6, 6.07) is 27.5. The first-order valence-corrected chi connectivity index (χ1v) is 11.0. The van der Waals surface area contributed by atoms with Gasteiger partial charge in [0.2, 0.25) is 0 Å². The first-order valence-electron chi connectivity index (χ1n) is 11.0. The number of carbonyl (C=O) groups is 1. The van der Waals surface area contributed by atoms with Crippen molar-refractivity contribution in [3.63, 3.8) is 0 Å². The lowest BCUT2D eigenvalue weighted by atomic mass is 10.0. The van der Waals surface area contributed by atoms with Crippen molar-refractivity contribution in [3.05, 3.63) is 102 Å². The third kappa shape index (κ3) is 4.38. The summed E-state index contributed by atoms with van der Waals surface area (Å²) in [7, 11) is 1.63. The van der Waals surface area contributed by atoms with E-state index < -0.39 is 0 Å². The van der Waals surface area contributed by atoms with Gasteiger partial charge in [0.25, 0.3) is 5.91 Å². The Morgan fingerprint density at radius 3 is 2.52 bits per heavy atom. The van der Waals surface area contributed by atoms with E-state index in [1.165, 1.54) is 0 Å². The standard InChI is InChI=1S/C27H25N3O3/c1-32-23-14-8-11-21(17-23)26-24(18-30(28-26)22-12-6-3-7-13-22)27(31)29-15-16-33-25(19-29)20-9-4-2-5-10-20/h2-14,17-18,25H,15-16,19H2,1H3/t25-/m0/s1. The predicted molar refractivity (Wildman–Crippen MR) is 127 cm³/mol. The van der Waals surface area contributed by atoms with Gasteiger partial charge in [0.1, 0.15) is 17.5 Å². The lowest BCUT2D eigenvalue weighted by Crippen LogP contribution is -2.42. The molecule has 4 aromatic rings. The van der Waals surface area contributed by atoms with Crippen molar-refractivity contribution < 1.29 is 14.3 Å². The molecule has 2 heterocycles. The van der Waals surface area contributed by atoms with Crippen LogP contribution < -0.4 is 4.74 Å². The fourth-order valence-corrected chi connectivity index (χ4v) is 4.10. The average Bonchev–Trinajstić information content (AvgIpc) is 3.35. The molecule has 1 aromatic heterocycles. The number of aromatic nitrogens is 2. The number of para-hydroxylation sites is 1. The second kappa shape index (κ2) is 9.30. The fraction of sp³-hybridized carbons (Fsp3) is 0.185. The molecular formula is C27H25N3O3. The Hall–Kier alpha value is -3.90. The summed E-state index contributed by atoms with van der Waals surface area (Å²) >= 11 is 0. The van der Waals surface area contributed by atoms with Crippen molar-refractivity contribution in [2.75, 3.05) is 26.8 Å². The number of nitrogens with zero attached hydrogens (tertiary/aromatic N) is 3. The maximum Gasteiger partial charge on any atom is 0.257 e. The smallest absolute Gasteiger partial charge is 0.257 e. The molecule has 1 fully saturated rings. The molecule has 6 nitrogen and oxygen atoms in total. The number of morpholine rings is 1. The molecule has 0 spiro atoms. The van der Waals surface area contributed by atoms with Crippen LogP contribution in [-0.2, 0) is 4.74 Å². The first-order chi connectivity index (χ1) is 16.2. The molecule has 0 aliphatic carbocycles. The third-order valence-electron chi connectivity index (χ3n) is 5.83. The summed E-state index contributed by atoms with van der Waals surface area (Å²) in [5.74, 6) is 0.662. The van der Waals surface area contributed by atoms with Crippen molar-refractivity contribution in [1.82, 2.24) is 14.7 Å². The third-order valence-corrected chi connectivity index (χ3v) is 5.83. The Labute approximate surface area is 193 Å². The Balaban J connectivity index is 1.52. The highest BCUT2D eigenvalue weighted by molar-refractivity contribution is 6.00. The summed E-state index contributed by atoms with van der Waals surface area (Å²) in [5.41, 5.74) is 3.99. The molecular weight excluding hydrogens is 414 g/mol. The molecule has 1 atom stereocenters. The lowest BCUT2D eigenvalue weighted by Gasteiger charge is -2.33. The van der Waals surface area contributed by atoms with Crippen LogP contribution in [0.5, 0.6) is 5.75 Å². The molecule has 1 aliphatic heterocycles. The summed E-state index contributed by atoms with van der Waals surface area (Å²) in [6.45, 7) is 1.53. The quantitative estimate of drug-likeness (QED) is 0.450. The van der Waals surface area contributed by atoms with Gasteiger partial charge in [0, 0.05) is 18.3 Å². The Bertz CT molecular complexity index is 1240. The summed E-state index contributed by atoms with van der Waals surface area (Å²) in [5, 5.41) is 4.80. The van der Waals surface area contributed by atoms with Crippen LogP contribution in [-0.4, -0.2) is 47.4 Å². The number of rotatable bonds is 5. The molecule has 3 aromatic carbocycles. The molecule has 0 radical (unpaired) electrons. The molecule has 166 valence electrons. The van der Waals surface area contributed by atoms with Gasteiger partial charge in [-0.05, 0) is 29.8 Å². The second-order valence-corrected chi connectivity index (χ2v) is 7.92. The first kappa shape index (κ1) is 21.0. The SMILES string of the molecule is COc1cccc(-c2nn(-c3ccccc3)cc2C(=O)N2CCO[C@H](c3ccccc3)C2)c1. The Kier molecular flexibility index (Phi) is 5.91. The van der Waals surface area contributed by atoms with E-state index in [4.69, 9.17) is 14.6 Å². The lowest BCUT2D eigenvalue weighted by molar-refractivity contribution is -0.0228. The van der Waals surface area contributed by atoms with E-state index in [0.29, 0.717) is 31.0 Å². The monoisotopic (exact) mass is 439 g/mol. The van der Waals surface area contributed by atoms with E-state index in [-0.39, 0.29) is 12.0 Å². The molecule has 0 bridgehead atoms. The average molecular weight is 440 g/mol. The van der Waals surface area contributed by atoms with Gasteiger partial charge in [0.15, 0.2) is 0 Å². The Morgan fingerprint density at radius 1 is 1.00 bits per heavy atom. The van der Waals surface area contributed by atoms with Crippen molar-refractivity contribution in [1.29, 1.82) is 0 Å². The van der Waals surface area contributed by atoms with Crippen molar-refractivity contribution in [3.8, 4) is 22.7 Å². The minimum Gasteiger partial charge on any atom is -0.497 e. The predicted octanol–water partition coefficient (Wildman–Crippen LogP) is 4.76. The van der Waals surface area contributed by atoms with E-state index in [1.54, 1.807) is 11.8 Å². The van der Waals surface area contributed by atoms with E-state index in [9.17, 15) is 4.79 Å². The number of benzene rings is 3. The van der Waals surface area contributed by atoms with Gasteiger partial charge < -0.3 is 14.4 Å². The molecule has 1 saturated heterocycles. The number of methoxy groups -OCH3 is 1. The number of carbonyl (C=O) groups excluding carboxylic acids is 1. The Morgan fingerprint density at radius 2 is 1.76 bits per heavy atom. The van der Waals surface area contributed by atoms with Gasteiger partial charge >= 0.3 is 0 Å². The molecule has 0 saturated carbocycles. The normalized spacial score (nSPS) is 15.9. The molecule has 33 heavy (non-hydrogen) atoms. The number of ether oxygens (including phenoxy) is 2. The summed E-state index contributed by atoms with van der Waals surface area (Å²) in [4.78, 5) is 15.6. The molecule has 0 unspecified atom stereocenters. The molecule has 0 N–H and O–H groups in total. The number of hydrogen-bond acceptors (Lipinski definition) is 4. The zero-order valence-electron chi connectivity index (χ0n) is 18.4. The van der Waals surface area contributed by atoms with E-state index in [1.807, 2.05) is 96.0 Å². The zero-order chi connectivity index (χ0) is 22.6. The topological polar surface area (TPSA) is 56.6 Å². The largest absolute Gasteiger partial charge is 0.497 e. The van der Waals surface area contributed by atoms with Crippen LogP contribution in [0.25, 0.3) is 16.9 Å². The second-order valence-electron chi connectivity index (χ2n) is 7.92. The van der Waals surface area contributed by atoms with Crippen LogP contribution in [0.3, 0.4) is 0 Å². The minimum absolute atomic E-state index is 0.0563.